The van der Waals surface area contributed by atoms with Crippen molar-refractivity contribution in [2.45, 2.75) is 0 Å². The van der Waals surface area contributed by atoms with Crippen molar-refractivity contribution in [2.75, 3.05) is 0 Å². The fourth-order valence-electron chi connectivity index (χ4n) is 2.60. The molecular formula is H56N8Si20. The molecule has 0 atom stereocenters. The lowest BCUT2D eigenvalue weighted by atomic mass is 13.7. The van der Waals surface area contributed by atoms with Crippen LogP contribution in [0.4, 0.5) is 0 Å². The predicted molar refractivity (Wildman–Crippen MR) is 208 cm³/mol. The second-order valence-corrected chi connectivity index (χ2v) is 75.8. The van der Waals surface area contributed by atoms with Gasteiger partial charge >= 0.3 is 0 Å². The largest absolute Gasteiger partial charge is 0.377 e. The molecule has 0 heterocycles. The zero-order valence-corrected chi connectivity index (χ0v) is 56.2. The van der Waals surface area contributed by atoms with Crippen molar-refractivity contribution in [3.63, 3.8) is 0 Å². The molecule has 0 amide bonds. The lowest BCUT2D eigenvalue weighted by Gasteiger charge is -2.28. The fraction of sp³-hybridized carbons (Fsp3) is 0. The van der Waals surface area contributed by atoms with Gasteiger partial charge in [0.1, 0.15) is 49.2 Å². The highest BCUT2D eigenvalue weighted by Gasteiger charge is 2.05. The molecule has 28 heteroatoms. The summed E-state index contributed by atoms with van der Waals surface area (Å²) in [7, 11) is 19.4. The van der Waals surface area contributed by atoms with Crippen LogP contribution >= 0.6 is 0 Å². The van der Waals surface area contributed by atoms with E-state index in [1.807, 2.05) is 0 Å². The summed E-state index contributed by atoms with van der Waals surface area (Å²) in [5, 5.41) is 0. The van der Waals surface area contributed by atoms with Crippen molar-refractivity contribution in [1.29, 1.82) is 0 Å². The molecule has 0 aromatic rings. The molecule has 0 aromatic carbocycles. The Morgan fingerprint density at radius 1 is 0.286 bits per heavy atom. The molecule has 0 fully saturated rings. The van der Waals surface area contributed by atoms with Crippen molar-refractivity contribution in [1.82, 2.24) is 31.2 Å². The first kappa shape index (κ1) is 39.2. The summed E-state index contributed by atoms with van der Waals surface area (Å²) in [6.45, 7) is 0. The van der Waals surface area contributed by atoms with Crippen LogP contribution in [0.2, 0.25) is 0 Å². The molecule has 0 spiro atoms. The van der Waals surface area contributed by atoms with Gasteiger partial charge in [0, 0.05) is 0 Å². The molecule has 0 bridgehead atoms. The maximum atomic E-state index is 2.87. The maximum absolute atomic E-state index is 2.87. The summed E-state index contributed by atoms with van der Waals surface area (Å²) < 4.78 is 21.6. The average molecular weight is 730 g/mol. The average Bonchev–Trinajstić information content (AvgIpc) is 2.33. The second-order valence-electron chi connectivity index (χ2n) is 8.90. The van der Waals surface area contributed by atoms with Crippen molar-refractivity contribution in [2.24, 2.45) is 0 Å². The number of hydrogen-bond donors (Lipinski definition) is 0. The van der Waals surface area contributed by atoms with Gasteiger partial charge in [0.05, 0.1) is 146 Å². The summed E-state index contributed by atoms with van der Waals surface area (Å²) >= 11 is 0. The summed E-state index contributed by atoms with van der Waals surface area (Å²) in [5.74, 6) is 0. The lowest BCUT2D eigenvalue weighted by Crippen LogP contribution is -2.50. The highest BCUT2D eigenvalue weighted by molar-refractivity contribution is 6.71. The summed E-state index contributed by atoms with van der Waals surface area (Å²) in [6, 6.07) is 0. The van der Waals surface area contributed by atoms with Crippen LogP contribution in [0.1, 0.15) is 0 Å². The number of rotatable bonds is 10. The Balaban J connectivity index is -0.000000165. The first-order valence-electron chi connectivity index (χ1n) is 9.42. The Hall–Kier alpha value is 4.02. The minimum Gasteiger partial charge on any atom is -0.377 e. The van der Waals surface area contributed by atoms with E-state index in [1.165, 1.54) is 146 Å². The van der Waals surface area contributed by atoms with Crippen molar-refractivity contribution >= 4 is 206 Å². The molecule has 0 rings (SSSR count). The van der Waals surface area contributed by atoms with Gasteiger partial charge in [0.25, 0.3) is 0 Å². The van der Waals surface area contributed by atoms with Gasteiger partial charge in [-0.2, -0.15) is 0 Å². The molecule has 8 nitrogen and oxygen atoms in total. The van der Waals surface area contributed by atoms with Crippen LogP contribution in [0, 0.1) is 0 Å². The van der Waals surface area contributed by atoms with Crippen molar-refractivity contribution < 1.29 is 0 Å². The molecule has 28 heavy (non-hydrogen) atoms. The van der Waals surface area contributed by atoms with Gasteiger partial charge in [-0.25, -0.2) is 0 Å². The molecule has 0 radical (unpaired) electrons. The normalized spacial score (nSPS) is 15.0. The van der Waals surface area contributed by atoms with E-state index in [1.54, 1.807) is 0 Å². The predicted octanol–water partition coefficient (Wildman–Crippen LogP) is -25.2. The first-order valence-corrected chi connectivity index (χ1v) is 28.3. The van der Waals surface area contributed by atoms with Crippen molar-refractivity contribution in [3.05, 3.63) is 0 Å². The smallest absolute Gasteiger partial charge is 0.146 e. The van der Waals surface area contributed by atoms with Crippen LogP contribution in [-0.4, -0.2) is 237 Å². The second kappa shape index (κ2) is 25.6. The first-order chi connectivity index (χ1) is 12.2. The molecule has 0 saturated heterocycles. The minimum absolute atomic E-state index is 0. The molecular weight excluding hydrogens is 674 g/mol. The Morgan fingerprint density at radius 2 is 0.464 bits per heavy atom. The third-order valence-corrected chi connectivity index (χ3v) is 24.0. The molecule has 176 valence electrons. The molecule has 0 unspecified atom stereocenters. The topological polar surface area (TPSA) is 25.9 Å². The van der Waals surface area contributed by atoms with E-state index in [0.29, 0.717) is 0 Å². The Labute approximate surface area is 234 Å². The van der Waals surface area contributed by atoms with E-state index in [0.717, 1.165) is 0 Å². The molecule has 0 saturated carbocycles. The van der Waals surface area contributed by atoms with Gasteiger partial charge < -0.3 is 31.2 Å². The highest BCUT2D eigenvalue weighted by Crippen LogP contribution is 1.81. The van der Waals surface area contributed by atoms with Crippen LogP contribution in [0.3, 0.4) is 0 Å². The quantitative estimate of drug-likeness (QED) is 0.205. The van der Waals surface area contributed by atoms with E-state index in [9.17, 15) is 0 Å². The Bertz CT molecular complexity index is 254. The zero-order chi connectivity index (χ0) is 22.2. The van der Waals surface area contributed by atoms with E-state index in [2.05, 4.69) is 31.2 Å². The van der Waals surface area contributed by atoms with Crippen molar-refractivity contribution in [3.8, 4) is 0 Å². The van der Waals surface area contributed by atoms with Gasteiger partial charge in [-0.1, -0.05) is 0 Å². The van der Waals surface area contributed by atoms with Gasteiger partial charge in [-0.3, -0.25) is 0 Å². The van der Waals surface area contributed by atoms with Gasteiger partial charge in [-0.15, -0.1) is 0 Å². The van der Waals surface area contributed by atoms with Crippen LogP contribution < -0.4 is 0 Å². The Kier molecular flexibility index (Phi) is 35.9. The lowest BCUT2D eigenvalue weighted by molar-refractivity contribution is 0.891. The number of nitrogens with zero attached hydrogens (tertiary/aromatic N) is 8. The van der Waals surface area contributed by atoms with Crippen LogP contribution in [0.15, 0.2) is 0 Å². The molecule has 0 N–H and O–H groups in total. The van der Waals surface area contributed by atoms with Crippen LogP contribution in [0.5, 0.6) is 0 Å². The summed E-state index contributed by atoms with van der Waals surface area (Å²) in [5.41, 5.74) is 0. The number of hydrogen-bond acceptors (Lipinski definition) is 8. The Morgan fingerprint density at radius 3 is 0.571 bits per heavy atom. The molecule has 0 aliphatic heterocycles. The van der Waals surface area contributed by atoms with E-state index in [4.69, 9.17) is 0 Å². The van der Waals surface area contributed by atoms with E-state index in [-0.39, 0.29) is 60.2 Å². The summed E-state index contributed by atoms with van der Waals surface area (Å²) in [6.07, 6.45) is 0. The molecule has 0 aliphatic rings. The van der Waals surface area contributed by atoms with Gasteiger partial charge in [0.2, 0.25) is 0 Å². The third-order valence-electron chi connectivity index (χ3n) is 2.66. The summed E-state index contributed by atoms with van der Waals surface area (Å²) in [4.78, 5) is 0. The standard InChI is InChI=1S/H24N4Si9.2H14N2Si5.H4Si/c5-1(6)11-3(9)13-4(10)12-2(7)8;2*3-1(4)7-2(5)6;/h11-13H2,5-10H3;2*7H2,3-6H3;1H4. The minimum atomic E-state index is 0. The van der Waals surface area contributed by atoms with E-state index < -0.39 is 0 Å². The van der Waals surface area contributed by atoms with Crippen LogP contribution in [0.25, 0.3) is 0 Å². The zero-order valence-electron chi connectivity index (χ0n) is 21.1. The third kappa shape index (κ3) is 43.8. The van der Waals surface area contributed by atoms with Crippen LogP contribution in [-0.2, 0) is 0 Å². The maximum Gasteiger partial charge on any atom is 0.146 e. The molecule has 0 aliphatic carbocycles. The fourth-order valence-corrected chi connectivity index (χ4v) is 68.6. The SMILES string of the molecule is [SiH3]N([SiH3])[SiH2]N([SiH3])[SiH2]N([SiH3])[SiH2]N([SiH3])[SiH3].[SiH3]N([SiH3])[SiH2]N([SiH3])[SiH3].[SiH3]N([SiH3])[SiH2]N([SiH3])[SiH3].[SiH4]. The molecule has 0 aromatic heterocycles. The van der Waals surface area contributed by atoms with Gasteiger partial charge in [-0.05, 0) is 11.0 Å². The van der Waals surface area contributed by atoms with Gasteiger partial charge in [0.15, 0.2) is 0 Å². The van der Waals surface area contributed by atoms with E-state index >= 15 is 0 Å². The monoisotopic (exact) mass is 728 g/mol. The highest BCUT2D eigenvalue weighted by atomic mass is 28.4.